The molecule has 0 spiro atoms. The topological polar surface area (TPSA) is 52.3 Å². The Bertz CT molecular complexity index is 186. The van der Waals surface area contributed by atoms with Gasteiger partial charge >= 0.3 is 5.97 Å². The molecule has 3 nitrogen and oxygen atoms in total. The summed E-state index contributed by atoms with van der Waals surface area (Å²) in [5.74, 6) is 0.138. The van der Waals surface area contributed by atoms with Gasteiger partial charge in [0.1, 0.15) is 6.04 Å². The van der Waals surface area contributed by atoms with Gasteiger partial charge in [-0.3, -0.25) is 4.79 Å². The molecule has 1 atom stereocenters. The average molecular weight is 201 g/mol. The van der Waals surface area contributed by atoms with E-state index in [1.165, 1.54) is 7.11 Å². The fourth-order valence-electron chi connectivity index (χ4n) is 2.03. The van der Waals surface area contributed by atoms with Crippen molar-refractivity contribution in [3.8, 4) is 0 Å². The highest BCUT2D eigenvalue weighted by Gasteiger charge is 2.37. The van der Waals surface area contributed by atoms with E-state index in [-0.39, 0.29) is 11.4 Å². The molecule has 3 heteroatoms. The molecule has 0 bridgehead atoms. The second-order valence-electron chi connectivity index (χ2n) is 4.34. The van der Waals surface area contributed by atoms with Crippen LogP contribution in [0.3, 0.4) is 0 Å². The largest absolute Gasteiger partial charge is 0.468 e. The SMILES string of the molecule is CCC(CC)C(C)(C)C(N)C(=O)OC. The minimum atomic E-state index is -0.530. The van der Waals surface area contributed by atoms with E-state index in [2.05, 4.69) is 18.6 Å². The van der Waals surface area contributed by atoms with Gasteiger partial charge in [-0.2, -0.15) is 0 Å². The lowest BCUT2D eigenvalue weighted by atomic mass is 9.71. The van der Waals surface area contributed by atoms with Gasteiger partial charge in [0.15, 0.2) is 0 Å². The molecule has 0 rings (SSSR count). The third-order valence-electron chi connectivity index (χ3n) is 3.29. The van der Waals surface area contributed by atoms with Crippen LogP contribution >= 0.6 is 0 Å². The normalized spacial score (nSPS) is 14.2. The van der Waals surface area contributed by atoms with Gasteiger partial charge in [0.2, 0.25) is 0 Å². The molecular formula is C11H23NO2. The molecular weight excluding hydrogens is 178 g/mol. The van der Waals surface area contributed by atoms with E-state index in [0.29, 0.717) is 5.92 Å². The number of nitrogens with two attached hydrogens (primary N) is 1. The van der Waals surface area contributed by atoms with Gasteiger partial charge in [-0.15, -0.1) is 0 Å². The first-order chi connectivity index (χ1) is 6.41. The zero-order valence-electron chi connectivity index (χ0n) is 9.96. The summed E-state index contributed by atoms with van der Waals surface area (Å²) in [7, 11) is 1.38. The highest BCUT2D eigenvalue weighted by atomic mass is 16.5. The van der Waals surface area contributed by atoms with Crippen molar-refractivity contribution >= 4 is 5.97 Å². The predicted molar refractivity (Wildman–Crippen MR) is 57.8 cm³/mol. The molecule has 0 aliphatic carbocycles. The summed E-state index contributed by atoms with van der Waals surface area (Å²) in [6.07, 6.45) is 2.07. The Morgan fingerprint density at radius 2 is 1.79 bits per heavy atom. The van der Waals surface area contributed by atoms with E-state index in [0.717, 1.165) is 12.8 Å². The maximum atomic E-state index is 11.3. The maximum absolute atomic E-state index is 11.3. The summed E-state index contributed by atoms with van der Waals surface area (Å²) in [6, 6.07) is -0.530. The molecule has 0 fully saturated rings. The fourth-order valence-corrected chi connectivity index (χ4v) is 2.03. The Kier molecular flexibility index (Phi) is 5.13. The number of esters is 1. The van der Waals surface area contributed by atoms with Gasteiger partial charge in [0.25, 0.3) is 0 Å². The molecule has 0 aromatic carbocycles. The van der Waals surface area contributed by atoms with Crippen LogP contribution in [0.4, 0.5) is 0 Å². The van der Waals surface area contributed by atoms with Crippen molar-refractivity contribution in [3.05, 3.63) is 0 Å². The van der Waals surface area contributed by atoms with Crippen molar-refractivity contribution < 1.29 is 9.53 Å². The Hall–Kier alpha value is -0.570. The van der Waals surface area contributed by atoms with Crippen molar-refractivity contribution in [1.82, 2.24) is 0 Å². The summed E-state index contributed by atoms with van der Waals surface area (Å²) in [5.41, 5.74) is 5.69. The lowest BCUT2D eigenvalue weighted by molar-refractivity contribution is -0.146. The first-order valence-electron chi connectivity index (χ1n) is 5.25. The van der Waals surface area contributed by atoms with Crippen molar-refractivity contribution in [2.24, 2.45) is 17.1 Å². The molecule has 0 aromatic rings. The number of carbonyl (C=O) groups is 1. The van der Waals surface area contributed by atoms with Crippen LogP contribution in [0.2, 0.25) is 0 Å². The lowest BCUT2D eigenvalue weighted by Crippen LogP contribution is -2.48. The number of hydrogen-bond acceptors (Lipinski definition) is 3. The van der Waals surface area contributed by atoms with Crippen molar-refractivity contribution in [3.63, 3.8) is 0 Å². The van der Waals surface area contributed by atoms with Crippen molar-refractivity contribution in [1.29, 1.82) is 0 Å². The van der Waals surface area contributed by atoms with Gasteiger partial charge in [0.05, 0.1) is 7.11 Å². The van der Waals surface area contributed by atoms with Gasteiger partial charge < -0.3 is 10.5 Å². The predicted octanol–water partition coefficient (Wildman–Crippen LogP) is 1.95. The van der Waals surface area contributed by atoms with Gasteiger partial charge in [-0.05, 0) is 11.3 Å². The zero-order valence-corrected chi connectivity index (χ0v) is 9.96. The summed E-state index contributed by atoms with van der Waals surface area (Å²) in [6.45, 7) is 8.32. The monoisotopic (exact) mass is 201 g/mol. The Balaban J connectivity index is 4.65. The molecule has 1 unspecified atom stereocenters. The molecule has 2 N–H and O–H groups in total. The first kappa shape index (κ1) is 13.4. The molecule has 0 aromatic heterocycles. The lowest BCUT2D eigenvalue weighted by Gasteiger charge is -2.36. The van der Waals surface area contributed by atoms with Crippen LogP contribution in [0.15, 0.2) is 0 Å². The molecule has 0 aliphatic heterocycles. The van der Waals surface area contributed by atoms with Crippen LogP contribution in [-0.4, -0.2) is 19.1 Å². The Labute approximate surface area is 87.0 Å². The number of rotatable bonds is 5. The van der Waals surface area contributed by atoms with Crippen LogP contribution in [0.1, 0.15) is 40.5 Å². The summed E-state index contributed by atoms with van der Waals surface area (Å²) >= 11 is 0. The standard InChI is InChI=1S/C11H23NO2/c1-6-8(7-2)11(3,4)9(12)10(13)14-5/h8-9H,6-7,12H2,1-5H3. The van der Waals surface area contributed by atoms with Gasteiger partial charge in [-0.25, -0.2) is 0 Å². The molecule has 0 saturated heterocycles. The third-order valence-corrected chi connectivity index (χ3v) is 3.29. The fraction of sp³-hybridized carbons (Fsp3) is 0.909. The van der Waals surface area contributed by atoms with E-state index in [9.17, 15) is 4.79 Å². The second kappa shape index (κ2) is 5.35. The third kappa shape index (κ3) is 2.71. The molecule has 0 heterocycles. The number of ether oxygens (including phenoxy) is 1. The van der Waals surface area contributed by atoms with Crippen LogP contribution in [0.25, 0.3) is 0 Å². The average Bonchev–Trinajstić information content (AvgIpc) is 2.16. The molecule has 84 valence electrons. The van der Waals surface area contributed by atoms with Gasteiger partial charge in [0, 0.05) is 0 Å². The van der Waals surface area contributed by atoms with E-state index < -0.39 is 6.04 Å². The Morgan fingerprint density at radius 3 is 2.07 bits per heavy atom. The van der Waals surface area contributed by atoms with E-state index in [1.807, 2.05) is 13.8 Å². The maximum Gasteiger partial charge on any atom is 0.323 e. The first-order valence-corrected chi connectivity index (χ1v) is 5.25. The summed E-state index contributed by atoms with van der Waals surface area (Å²) in [4.78, 5) is 11.3. The second-order valence-corrected chi connectivity index (χ2v) is 4.34. The van der Waals surface area contributed by atoms with E-state index in [1.54, 1.807) is 0 Å². The molecule has 14 heavy (non-hydrogen) atoms. The van der Waals surface area contributed by atoms with E-state index in [4.69, 9.17) is 5.73 Å². The summed E-state index contributed by atoms with van der Waals surface area (Å²) in [5, 5.41) is 0. The molecule has 0 radical (unpaired) electrons. The molecule has 0 amide bonds. The molecule has 0 aliphatic rings. The molecule has 0 saturated carbocycles. The quantitative estimate of drug-likeness (QED) is 0.692. The van der Waals surface area contributed by atoms with Crippen LogP contribution in [-0.2, 0) is 9.53 Å². The van der Waals surface area contributed by atoms with Crippen molar-refractivity contribution in [2.75, 3.05) is 7.11 Å². The number of methoxy groups -OCH3 is 1. The minimum Gasteiger partial charge on any atom is -0.468 e. The highest BCUT2D eigenvalue weighted by Crippen LogP contribution is 2.34. The van der Waals surface area contributed by atoms with Crippen LogP contribution in [0, 0.1) is 11.3 Å². The highest BCUT2D eigenvalue weighted by molar-refractivity contribution is 5.76. The van der Waals surface area contributed by atoms with E-state index >= 15 is 0 Å². The van der Waals surface area contributed by atoms with Crippen LogP contribution < -0.4 is 5.73 Å². The zero-order chi connectivity index (χ0) is 11.4. The van der Waals surface area contributed by atoms with Crippen LogP contribution in [0.5, 0.6) is 0 Å². The Morgan fingerprint density at radius 1 is 1.36 bits per heavy atom. The van der Waals surface area contributed by atoms with Crippen molar-refractivity contribution in [2.45, 2.75) is 46.6 Å². The number of carbonyl (C=O) groups excluding carboxylic acids is 1. The van der Waals surface area contributed by atoms with Gasteiger partial charge in [-0.1, -0.05) is 40.5 Å². The minimum absolute atomic E-state index is 0.198. The number of hydrogen-bond donors (Lipinski definition) is 1. The smallest absolute Gasteiger partial charge is 0.323 e. The summed E-state index contributed by atoms with van der Waals surface area (Å²) < 4.78 is 4.67.